The Bertz CT molecular complexity index is 519. The lowest BCUT2D eigenvalue weighted by atomic mass is 10.2. The van der Waals surface area contributed by atoms with Crippen molar-refractivity contribution in [3.8, 4) is 10.6 Å². The molecular formula is C16H22N2OS. The number of rotatable bonds is 7. The smallest absolute Gasteiger partial charge is 0.123 e. The molecule has 0 aliphatic carbocycles. The number of nitrogens with zero attached hydrogens (tertiary/aromatic N) is 2. The van der Waals surface area contributed by atoms with E-state index in [0.717, 1.165) is 36.8 Å². The molecule has 0 spiro atoms. The molecule has 1 aromatic carbocycles. The highest BCUT2D eigenvalue weighted by molar-refractivity contribution is 7.15. The van der Waals surface area contributed by atoms with Gasteiger partial charge in [0.1, 0.15) is 5.01 Å². The van der Waals surface area contributed by atoms with E-state index in [1.165, 1.54) is 10.4 Å². The molecule has 2 aromatic rings. The fourth-order valence-electron chi connectivity index (χ4n) is 2.21. The van der Waals surface area contributed by atoms with Crippen molar-refractivity contribution in [2.75, 3.05) is 19.7 Å². The second-order valence-electron chi connectivity index (χ2n) is 4.89. The SMILES string of the molecule is CCCN(CCO)Cc1sc(-c2ccccc2)nc1C. The highest BCUT2D eigenvalue weighted by Crippen LogP contribution is 2.28. The van der Waals surface area contributed by atoms with Crippen LogP contribution < -0.4 is 0 Å². The Morgan fingerprint density at radius 2 is 1.95 bits per heavy atom. The molecule has 0 bridgehead atoms. The zero-order chi connectivity index (χ0) is 14.4. The molecule has 2 rings (SSSR count). The maximum atomic E-state index is 9.14. The van der Waals surface area contributed by atoms with Crippen LogP contribution in [0.2, 0.25) is 0 Å². The Morgan fingerprint density at radius 3 is 2.60 bits per heavy atom. The van der Waals surface area contributed by atoms with Gasteiger partial charge in [-0.15, -0.1) is 11.3 Å². The molecule has 0 saturated heterocycles. The number of aromatic nitrogens is 1. The van der Waals surface area contributed by atoms with Gasteiger partial charge in [0.2, 0.25) is 0 Å². The number of hydrogen-bond acceptors (Lipinski definition) is 4. The van der Waals surface area contributed by atoms with Crippen molar-refractivity contribution in [2.45, 2.75) is 26.8 Å². The molecule has 4 heteroatoms. The van der Waals surface area contributed by atoms with Crippen molar-refractivity contribution in [2.24, 2.45) is 0 Å². The Kier molecular flexibility index (Phi) is 5.71. The third kappa shape index (κ3) is 3.88. The summed E-state index contributed by atoms with van der Waals surface area (Å²) in [6, 6.07) is 10.3. The van der Waals surface area contributed by atoms with Gasteiger partial charge >= 0.3 is 0 Å². The number of aliphatic hydroxyl groups excluding tert-OH is 1. The van der Waals surface area contributed by atoms with Crippen molar-refractivity contribution >= 4 is 11.3 Å². The lowest BCUT2D eigenvalue weighted by Crippen LogP contribution is -2.27. The van der Waals surface area contributed by atoms with Crippen LogP contribution >= 0.6 is 11.3 Å². The minimum Gasteiger partial charge on any atom is -0.395 e. The summed E-state index contributed by atoms with van der Waals surface area (Å²) in [5.74, 6) is 0. The van der Waals surface area contributed by atoms with Gasteiger partial charge < -0.3 is 5.11 Å². The van der Waals surface area contributed by atoms with Crippen LogP contribution in [-0.2, 0) is 6.54 Å². The zero-order valence-electron chi connectivity index (χ0n) is 12.2. The summed E-state index contributed by atoms with van der Waals surface area (Å²) in [6.45, 7) is 7.07. The molecular weight excluding hydrogens is 268 g/mol. The molecule has 0 amide bonds. The average molecular weight is 290 g/mol. The maximum Gasteiger partial charge on any atom is 0.123 e. The minimum absolute atomic E-state index is 0.212. The van der Waals surface area contributed by atoms with Crippen LogP contribution in [0.3, 0.4) is 0 Å². The van der Waals surface area contributed by atoms with Gasteiger partial charge in [-0.2, -0.15) is 0 Å². The van der Waals surface area contributed by atoms with Crippen molar-refractivity contribution in [1.29, 1.82) is 0 Å². The highest BCUT2D eigenvalue weighted by atomic mass is 32.1. The molecule has 3 nitrogen and oxygen atoms in total. The molecule has 0 atom stereocenters. The predicted molar refractivity (Wildman–Crippen MR) is 84.9 cm³/mol. The van der Waals surface area contributed by atoms with Crippen LogP contribution in [-0.4, -0.2) is 34.7 Å². The highest BCUT2D eigenvalue weighted by Gasteiger charge is 2.12. The average Bonchev–Trinajstić information content (AvgIpc) is 2.82. The topological polar surface area (TPSA) is 36.4 Å². The van der Waals surface area contributed by atoms with Crippen molar-refractivity contribution < 1.29 is 5.11 Å². The molecule has 0 fully saturated rings. The molecule has 0 aliphatic heterocycles. The fourth-order valence-corrected chi connectivity index (χ4v) is 3.32. The Labute approximate surface area is 124 Å². The summed E-state index contributed by atoms with van der Waals surface area (Å²) in [6.07, 6.45) is 1.10. The van der Waals surface area contributed by atoms with Gasteiger partial charge in [-0.3, -0.25) is 4.90 Å². The molecule has 0 aliphatic rings. The van der Waals surface area contributed by atoms with Crippen molar-refractivity contribution in [1.82, 2.24) is 9.88 Å². The first-order valence-corrected chi connectivity index (χ1v) is 7.91. The molecule has 20 heavy (non-hydrogen) atoms. The van der Waals surface area contributed by atoms with Crippen LogP contribution in [0.25, 0.3) is 10.6 Å². The standard InChI is InChI=1S/C16H22N2OS/c1-3-9-18(10-11-19)12-15-13(2)17-16(20-15)14-7-5-4-6-8-14/h4-8,19H,3,9-12H2,1-2H3. The van der Waals surface area contributed by atoms with Crippen molar-refractivity contribution in [3.63, 3.8) is 0 Å². The molecule has 1 N–H and O–H groups in total. The third-order valence-electron chi connectivity index (χ3n) is 3.24. The quantitative estimate of drug-likeness (QED) is 0.850. The van der Waals surface area contributed by atoms with E-state index in [0.29, 0.717) is 0 Å². The van der Waals surface area contributed by atoms with E-state index >= 15 is 0 Å². The van der Waals surface area contributed by atoms with Crippen molar-refractivity contribution in [3.05, 3.63) is 40.9 Å². The normalized spacial score (nSPS) is 11.2. The third-order valence-corrected chi connectivity index (χ3v) is 4.43. The van der Waals surface area contributed by atoms with Gasteiger partial charge in [0.25, 0.3) is 0 Å². The largest absolute Gasteiger partial charge is 0.395 e. The Hall–Kier alpha value is -1.23. The predicted octanol–water partition coefficient (Wildman–Crippen LogP) is 3.32. The lowest BCUT2D eigenvalue weighted by Gasteiger charge is -2.19. The molecule has 1 aromatic heterocycles. The number of benzene rings is 1. The minimum atomic E-state index is 0.212. The monoisotopic (exact) mass is 290 g/mol. The molecule has 0 unspecified atom stereocenters. The van der Waals surface area contributed by atoms with Crippen LogP contribution in [0.4, 0.5) is 0 Å². The first kappa shape index (κ1) is 15.2. The van der Waals surface area contributed by atoms with Gasteiger partial charge in [-0.25, -0.2) is 4.98 Å². The molecule has 108 valence electrons. The fraction of sp³-hybridized carbons (Fsp3) is 0.438. The second kappa shape index (κ2) is 7.53. The number of hydrogen-bond donors (Lipinski definition) is 1. The molecule has 1 heterocycles. The summed E-state index contributed by atoms with van der Waals surface area (Å²) in [7, 11) is 0. The maximum absolute atomic E-state index is 9.14. The van der Waals surface area contributed by atoms with Gasteiger partial charge in [0, 0.05) is 23.5 Å². The summed E-state index contributed by atoms with van der Waals surface area (Å²) in [5.41, 5.74) is 2.28. The molecule has 0 radical (unpaired) electrons. The van der Waals surface area contributed by atoms with E-state index in [1.807, 2.05) is 18.2 Å². The summed E-state index contributed by atoms with van der Waals surface area (Å²) in [5, 5.41) is 10.2. The summed E-state index contributed by atoms with van der Waals surface area (Å²) >= 11 is 1.76. The van der Waals surface area contributed by atoms with E-state index in [2.05, 4.69) is 35.9 Å². The van der Waals surface area contributed by atoms with Gasteiger partial charge in [-0.05, 0) is 19.9 Å². The van der Waals surface area contributed by atoms with E-state index in [4.69, 9.17) is 5.11 Å². The van der Waals surface area contributed by atoms with Gasteiger partial charge in [0.15, 0.2) is 0 Å². The van der Waals surface area contributed by atoms with E-state index in [9.17, 15) is 0 Å². The number of aliphatic hydroxyl groups is 1. The van der Waals surface area contributed by atoms with E-state index < -0.39 is 0 Å². The van der Waals surface area contributed by atoms with Crippen LogP contribution in [0.1, 0.15) is 23.9 Å². The van der Waals surface area contributed by atoms with E-state index in [1.54, 1.807) is 11.3 Å². The Morgan fingerprint density at radius 1 is 1.20 bits per heavy atom. The van der Waals surface area contributed by atoms with Gasteiger partial charge in [-0.1, -0.05) is 37.3 Å². The molecule has 0 saturated carbocycles. The Balaban J connectivity index is 2.15. The van der Waals surface area contributed by atoms with Crippen LogP contribution in [0.5, 0.6) is 0 Å². The van der Waals surface area contributed by atoms with Crippen LogP contribution in [0, 0.1) is 6.92 Å². The number of thiazole rings is 1. The van der Waals surface area contributed by atoms with Gasteiger partial charge in [0.05, 0.1) is 12.3 Å². The van der Waals surface area contributed by atoms with Crippen LogP contribution in [0.15, 0.2) is 30.3 Å². The first-order chi connectivity index (χ1) is 9.74. The summed E-state index contributed by atoms with van der Waals surface area (Å²) < 4.78 is 0. The second-order valence-corrected chi connectivity index (χ2v) is 5.98. The lowest BCUT2D eigenvalue weighted by molar-refractivity contribution is 0.191. The van der Waals surface area contributed by atoms with E-state index in [-0.39, 0.29) is 6.61 Å². The summed E-state index contributed by atoms with van der Waals surface area (Å²) in [4.78, 5) is 8.27. The first-order valence-electron chi connectivity index (χ1n) is 7.09. The zero-order valence-corrected chi connectivity index (χ0v) is 13.0. The number of aryl methyl sites for hydroxylation is 1.